The molecule has 1 N–H and O–H groups in total. The molecule has 0 unspecified atom stereocenters. The Bertz CT molecular complexity index is 618. The average Bonchev–Trinajstić information content (AvgIpc) is 2.58. The van der Waals surface area contributed by atoms with Gasteiger partial charge in [-0.3, -0.25) is 9.59 Å². The van der Waals surface area contributed by atoms with Gasteiger partial charge in [-0.15, -0.1) is 0 Å². The van der Waals surface area contributed by atoms with Gasteiger partial charge in [0.2, 0.25) is 11.8 Å². The number of morpholine rings is 1. The van der Waals surface area contributed by atoms with Crippen molar-refractivity contribution in [1.82, 2.24) is 5.32 Å². The highest BCUT2D eigenvalue weighted by Gasteiger charge is 2.19. The molecule has 7 heteroatoms. The summed E-state index contributed by atoms with van der Waals surface area (Å²) in [5, 5.41) is 2.74. The third kappa shape index (κ3) is 5.42. The highest BCUT2D eigenvalue weighted by Crippen LogP contribution is 2.26. The first kappa shape index (κ1) is 19.2. The van der Waals surface area contributed by atoms with Crippen LogP contribution in [0.3, 0.4) is 0 Å². The maximum Gasteiger partial charge on any atom is 0.223 e. The van der Waals surface area contributed by atoms with Crippen molar-refractivity contribution in [2.45, 2.75) is 20.8 Å². The Morgan fingerprint density at radius 2 is 2.00 bits per heavy atom. The minimum Gasteiger partial charge on any atom is -0.378 e. The van der Waals surface area contributed by atoms with E-state index in [1.807, 2.05) is 11.8 Å². The third-order valence-electron chi connectivity index (χ3n) is 4.17. The van der Waals surface area contributed by atoms with Crippen LogP contribution in [0.5, 0.6) is 0 Å². The summed E-state index contributed by atoms with van der Waals surface area (Å²) in [5.41, 5.74) is 1.05. The van der Waals surface area contributed by atoms with Crippen molar-refractivity contribution in [1.29, 1.82) is 0 Å². The number of hydrogen-bond acceptors (Lipinski definition) is 4. The van der Waals surface area contributed by atoms with E-state index >= 15 is 0 Å². The third-order valence-corrected chi connectivity index (χ3v) is 4.17. The largest absolute Gasteiger partial charge is 0.378 e. The fourth-order valence-corrected chi connectivity index (χ4v) is 2.83. The van der Waals surface area contributed by atoms with E-state index in [0.717, 1.165) is 0 Å². The van der Waals surface area contributed by atoms with Gasteiger partial charge in [-0.05, 0) is 24.1 Å². The van der Waals surface area contributed by atoms with Crippen molar-refractivity contribution in [3.05, 3.63) is 24.0 Å². The number of nitrogens with one attached hydrogen (secondary N) is 1. The van der Waals surface area contributed by atoms with Crippen molar-refractivity contribution < 1.29 is 18.7 Å². The standard InChI is InChI=1S/C18H26FN3O3/c1-13(11-20-14(2)23)12-22(15(3)24)16-4-5-18(17(19)10-16)21-6-8-25-9-7-21/h4-5,10,13H,6-9,11-12H2,1-3H3,(H,20,23)/t13-/m0/s1. The first-order valence-corrected chi connectivity index (χ1v) is 8.53. The maximum atomic E-state index is 14.6. The van der Waals surface area contributed by atoms with Crippen molar-refractivity contribution in [3.8, 4) is 0 Å². The van der Waals surface area contributed by atoms with E-state index in [-0.39, 0.29) is 23.5 Å². The summed E-state index contributed by atoms with van der Waals surface area (Å²) in [5.74, 6) is -0.565. The lowest BCUT2D eigenvalue weighted by atomic mass is 10.1. The molecule has 1 aromatic rings. The highest BCUT2D eigenvalue weighted by molar-refractivity contribution is 5.91. The summed E-state index contributed by atoms with van der Waals surface area (Å²) in [6.45, 7) is 8.20. The zero-order chi connectivity index (χ0) is 18.4. The summed E-state index contributed by atoms with van der Waals surface area (Å²) < 4.78 is 19.9. The number of rotatable bonds is 6. The number of halogens is 1. The van der Waals surface area contributed by atoms with Gasteiger partial charge in [0.25, 0.3) is 0 Å². The molecule has 138 valence electrons. The average molecular weight is 351 g/mol. The fraction of sp³-hybridized carbons (Fsp3) is 0.556. The second-order valence-electron chi connectivity index (χ2n) is 6.41. The molecule has 1 fully saturated rings. The van der Waals surface area contributed by atoms with Gasteiger partial charge in [0, 0.05) is 45.7 Å². The number of ether oxygens (including phenoxy) is 1. The lowest BCUT2D eigenvalue weighted by Crippen LogP contribution is -2.38. The van der Waals surface area contributed by atoms with Gasteiger partial charge in [0.1, 0.15) is 5.82 Å². The van der Waals surface area contributed by atoms with Crippen LogP contribution in [0.4, 0.5) is 15.8 Å². The van der Waals surface area contributed by atoms with Crippen molar-refractivity contribution in [3.63, 3.8) is 0 Å². The Morgan fingerprint density at radius 1 is 1.32 bits per heavy atom. The van der Waals surface area contributed by atoms with Crippen LogP contribution in [-0.2, 0) is 14.3 Å². The number of hydrogen-bond donors (Lipinski definition) is 1. The van der Waals surface area contributed by atoms with Crippen molar-refractivity contribution in [2.24, 2.45) is 5.92 Å². The molecule has 0 aromatic heterocycles. The number of carbonyl (C=O) groups is 2. The Hall–Kier alpha value is -2.15. The quantitative estimate of drug-likeness (QED) is 0.849. The predicted octanol–water partition coefficient (Wildman–Crippen LogP) is 1.79. The molecule has 2 amide bonds. The number of carbonyl (C=O) groups excluding carboxylic acids is 2. The van der Waals surface area contributed by atoms with Crippen LogP contribution in [0.2, 0.25) is 0 Å². The fourth-order valence-electron chi connectivity index (χ4n) is 2.83. The van der Waals surface area contributed by atoms with E-state index in [1.165, 1.54) is 19.9 Å². The van der Waals surface area contributed by atoms with Gasteiger partial charge in [0.15, 0.2) is 0 Å². The molecule has 2 rings (SSSR count). The predicted molar refractivity (Wildman–Crippen MR) is 95.3 cm³/mol. The zero-order valence-electron chi connectivity index (χ0n) is 15.0. The molecule has 1 saturated heterocycles. The van der Waals surface area contributed by atoms with Gasteiger partial charge in [0.05, 0.1) is 18.9 Å². The van der Waals surface area contributed by atoms with E-state index in [0.29, 0.717) is 50.8 Å². The molecular weight excluding hydrogens is 325 g/mol. The van der Waals surface area contributed by atoms with E-state index < -0.39 is 0 Å². The smallest absolute Gasteiger partial charge is 0.223 e. The molecule has 1 atom stereocenters. The van der Waals surface area contributed by atoms with Crippen molar-refractivity contribution >= 4 is 23.2 Å². The van der Waals surface area contributed by atoms with E-state index in [4.69, 9.17) is 4.74 Å². The van der Waals surface area contributed by atoms with Crippen LogP contribution in [0, 0.1) is 11.7 Å². The topological polar surface area (TPSA) is 61.9 Å². The van der Waals surface area contributed by atoms with Gasteiger partial charge < -0.3 is 19.9 Å². The normalized spacial score (nSPS) is 15.6. The molecule has 1 aliphatic rings. The molecule has 25 heavy (non-hydrogen) atoms. The van der Waals surface area contributed by atoms with Crippen LogP contribution >= 0.6 is 0 Å². The first-order valence-electron chi connectivity index (χ1n) is 8.53. The number of anilines is 2. The zero-order valence-corrected chi connectivity index (χ0v) is 15.0. The van der Waals surface area contributed by atoms with Crippen LogP contribution in [0.15, 0.2) is 18.2 Å². The van der Waals surface area contributed by atoms with Crippen LogP contribution < -0.4 is 15.1 Å². The number of benzene rings is 1. The first-order chi connectivity index (χ1) is 11.9. The summed E-state index contributed by atoms with van der Waals surface area (Å²) in [6.07, 6.45) is 0. The van der Waals surface area contributed by atoms with Crippen LogP contribution in [-0.4, -0.2) is 51.2 Å². The van der Waals surface area contributed by atoms with E-state index in [2.05, 4.69) is 5.32 Å². The second kappa shape index (κ2) is 8.80. The summed E-state index contributed by atoms with van der Waals surface area (Å²) in [6, 6.07) is 4.88. The minimum atomic E-state index is -0.347. The summed E-state index contributed by atoms with van der Waals surface area (Å²) in [7, 11) is 0. The monoisotopic (exact) mass is 351 g/mol. The minimum absolute atomic E-state index is 0.0507. The molecule has 6 nitrogen and oxygen atoms in total. The molecule has 0 radical (unpaired) electrons. The molecule has 0 aliphatic carbocycles. The second-order valence-corrected chi connectivity index (χ2v) is 6.41. The molecule has 1 aromatic carbocycles. The molecular formula is C18H26FN3O3. The maximum absolute atomic E-state index is 14.6. The van der Waals surface area contributed by atoms with E-state index in [1.54, 1.807) is 17.0 Å². The van der Waals surface area contributed by atoms with Crippen molar-refractivity contribution in [2.75, 3.05) is 49.2 Å². The highest BCUT2D eigenvalue weighted by atomic mass is 19.1. The van der Waals surface area contributed by atoms with Crippen LogP contribution in [0.1, 0.15) is 20.8 Å². The summed E-state index contributed by atoms with van der Waals surface area (Å²) >= 11 is 0. The molecule has 0 saturated carbocycles. The lowest BCUT2D eigenvalue weighted by molar-refractivity contribution is -0.119. The Labute approximate surface area is 147 Å². The van der Waals surface area contributed by atoms with Gasteiger partial charge in [-0.25, -0.2) is 4.39 Å². The van der Waals surface area contributed by atoms with Gasteiger partial charge in [-0.2, -0.15) is 0 Å². The molecule has 0 bridgehead atoms. The Balaban J connectivity index is 2.11. The lowest BCUT2D eigenvalue weighted by Gasteiger charge is -2.30. The number of amides is 2. The van der Waals surface area contributed by atoms with Gasteiger partial charge in [-0.1, -0.05) is 6.92 Å². The Kier molecular flexibility index (Phi) is 6.75. The summed E-state index contributed by atoms with van der Waals surface area (Å²) in [4.78, 5) is 26.5. The SMILES string of the molecule is CC(=O)NC[C@H](C)CN(C(C)=O)c1ccc(N2CCOCC2)c(F)c1. The molecule has 1 heterocycles. The Morgan fingerprint density at radius 3 is 2.56 bits per heavy atom. The van der Waals surface area contributed by atoms with Gasteiger partial charge >= 0.3 is 0 Å². The molecule has 1 aliphatic heterocycles. The van der Waals surface area contributed by atoms with Crippen LogP contribution in [0.25, 0.3) is 0 Å². The number of nitrogens with zero attached hydrogens (tertiary/aromatic N) is 2. The van der Waals surface area contributed by atoms with E-state index in [9.17, 15) is 14.0 Å². The molecule has 0 spiro atoms.